The zero-order chi connectivity index (χ0) is 20.0. The molecule has 0 spiro atoms. The molecule has 0 fully saturated rings. The molecule has 1 atom stereocenters. The smallest absolute Gasteiger partial charge is 0.251 e. The highest BCUT2D eigenvalue weighted by Crippen LogP contribution is 2.18. The van der Waals surface area contributed by atoms with E-state index in [9.17, 15) is 14.3 Å². The Hall–Kier alpha value is -2.24. The van der Waals surface area contributed by atoms with Gasteiger partial charge in [0, 0.05) is 12.1 Å². The second-order valence-electron chi connectivity index (χ2n) is 7.75. The van der Waals surface area contributed by atoms with Crippen LogP contribution in [0.4, 0.5) is 4.39 Å². The highest BCUT2D eigenvalue weighted by atomic mass is 19.1. The Bertz CT molecular complexity index is 752. The van der Waals surface area contributed by atoms with E-state index in [1.165, 1.54) is 12.1 Å². The zero-order valence-corrected chi connectivity index (χ0v) is 16.5. The van der Waals surface area contributed by atoms with Crippen LogP contribution in [0.5, 0.6) is 0 Å². The molecule has 5 heteroatoms. The molecular weight excluding hydrogens is 343 g/mol. The number of hydrogen-bond donors (Lipinski definition) is 2. The van der Waals surface area contributed by atoms with Crippen molar-refractivity contribution in [1.82, 2.24) is 10.2 Å². The van der Waals surface area contributed by atoms with Crippen molar-refractivity contribution in [2.45, 2.75) is 38.3 Å². The largest absolute Gasteiger partial charge is 0.390 e. The molecule has 0 aliphatic carbocycles. The van der Waals surface area contributed by atoms with E-state index in [2.05, 4.69) is 5.32 Å². The number of rotatable bonds is 8. The number of benzene rings is 2. The van der Waals surface area contributed by atoms with Crippen molar-refractivity contribution in [1.29, 1.82) is 0 Å². The number of halogens is 1. The van der Waals surface area contributed by atoms with Gasteiger partial charge in [0.05, 0.1) is 11.6 Å². The van der Waals surface area contributed by atoms with Crippen molar-refractivity contribution in [2.75, 3.05) is 20.6 Å². The molecule has 0 radical (unpaired) electrons. The van der Waals surface area contributed by atoms with Crippen LogP contribution in [0, 0.1) is 5.82 Å². The SMILES string of the molecule is CN(C)C(CNC(=O)c1cccc(CCC(C)(C)O)c1)c1ccc(F)cc1. The third-order valence-corrected chi connectivity index (χ3v) is 4.55. The predicted molar refractivity (Wildman–Crippen MR) is 106 cm³/mol. The van der Waals surface area contributed by atoms with Crippen LogP contribution in [0.2, 0.25) is 0 Å². The molecule has 2 rings (SSSR count). The van der Waals surface area contributed by atoms with E-state index < -0.39 is 5.60 Å². The van der Waals surface area contributed by atoms with Crippen LogP contribution < -0.4 is 5.32 Å². The van der Waals surface area contributed by atoms with Crippen LogP contribution in [0.3, 0.4) is 0 Å². The van der Waals surface area contributed by atoms with Crippen molar-refractivity contribution in [3.05, 3.63) is 71.0 Å². The zero-order valence-electron chi connectivity index (χ0n) is 16.5. The first-order valence-electron chi connectivity index (χ1n) is 9.17. The van der Waals surface area contributed by atoms with E-state index in [-0.39, 0.29) is 17.8 Å². The van der Waals surface area contributed by atoms with Gasteiger partial charge in [0.15, 0.2) is 0 Å². The summed E-state index contributed by atoms with van der Waals surface area (Å²) in [6.07, 6.45) is 1.34. The van der Waals surface area contributed by atoms with Gasteiger partial charge in [0.2, 0.25) is 0 Å². The standard InChI is InChI=1S/C22H29FN2O2/c1-22(2,27)13-12-16-6-5-7-18(14-16)21(26)24-15-20(25(3)4)17-8-10-19(23)11-9-17/h5-11,14,20,27H,12-13,15H2,1-4H3,(H,24,26). The van der Waals surface area contributed by atoms with E-state index in [1.807, 2.05) is 37.2 Å². The van der Waals surface area contributed by atoms with Crippen LogP contribution in [0.25, 0.3) is 0 Å². The number of aryl methyl sites for hydroxylation is 1. The summed E-state index contributed by atoms with van der Waals surface area (Å²) in [5.74, 6) is -0.419. The number of aliphatic hydroxyl groups is 1. The lowest BCUT2D eigenvalue weighted by atomic mass is 9.98. The van der Waals surface area contributed by atoms with Gasteiger partial charge < -0.3 is 15.3 Å². The molecule has 2 aromatic carbocycles. The Morgan fingerprint density at radius 3 is 2.44 bits per heavy atom. The molecule has 0 aliphatic heterocycles. The molecule has 0 aromatic heterocycles. The summed E-state index contributed by atoms with van der Waals surface area (Å²) >= 11 is 0. The summed E-state index contributed by atoms with van der Waals surface area (Å²) in [5.41, 5.74) is 1.83. The first-order chi connectivity index (χ1) is 12.7. The van der Waals surface area contributed by atoms with E-state index in [1.54, 1.807) is 32.0 Å². The number of carbonyl (C=O) groups is 1. The Kier molecular flexibility index (Phi) is 7.11. The van der Waals surface area contributed by atoms with Crippen LogP contribution in [-0.4, -0.2) is 42.2 Å². The van der Waals surface area contributed by atoms with Crippen LogP contribution in [0.15, 0.2) is 48.5 Å². The number of carbonyl (C=O) groups excluding carboxylic acids is 1. The second kappa shape index (κ2) is 9.11. The summed E-state index contributed by atoms with van der Waals surface area (Å²) in [4.78, 5) is 14.6. The molecule has 0 aliphatic rings. The van der Waals surface area contributed by atoms with Gasteiger partial charge in [-0.3, -0.25) is 4.79 Å². The number of amides is 1. The fourth-order valence-corrected chi connectivity index (χ4v) is 2.89. The average Bonchev–Trinajstić information content (AvgIpc) is 2.61. The summed E-state index contributed by atoms with van der Waals surface area (Å²) in [6.45, 7) is 3.98. The molecule has 0 bridgehead atoms. The van der Waals surface area contributed by atoms with Crippen molar-refractivity contribution in [2.24, 2.45) is 0 Å². The number of nitrogens with zero attached hydrogens (tertiary/aromatic N) is 1. The minimum atomic E-state index is -0.730. The second-order valence-corrected chi connectivity index (χ2v) is 7.75. The normalized spacial score (nSPS) is 12.9. The molecule has 1 unspecified atom stereocenters. The maximum atomic E-state index is 13.2. The van der Waals surface area contributed by atoms with Gasteiger partial charge in [-0.2, -0.15) is 0 Å². The molecule has 1 amide bonds. The monoisotopic (exact) mass is 372 g/mol. The first kappa shape index (κ1) is 21.1. The van der Waals surface area contributed by atoms with Crippen LogP contribution in [-0.2, 0) is 6.42 Å². The molecule has 27 heavy (non-hydrogen) atoms. The van der Waals surface area contributed by atoms with Gasteiger partial charge >= 0.3 is 0 Å². The van der Waals surface area contributed by atoms with Gasteiger partial charge in [-0.25, -0.2) is 4.39 Å². The maximum absolute atomic E-state index is 13.2. The first-order valence-corrected chi connectivity index (χ1v) is 9.17. The minimum Gasteiger partial charge on any atom is -0.390 e. The summed E-state index contributed by atoms with van der Waals surface area (Å²) < 4.78 is 13.2. The third-order valence-electron chi connectivity index (χ3n) is 4.55. The highest BCUT2D eigenvalue weighted by molar-refractivity contribution is 5.94. The van der Waals surface area contributed by atoms with Crippen molar-refractivity contribution in [3.8, 4) is 0 Å². The highest BCUT2D eigenvalue weighted by Gasteiger charge is 2.17. The molecule has 146 valence electrons. The van der Waals surface area contributed by atoms with Gasteiger partial charge in [-0.05, 0) is 76.2 Å². The Labute approximate surface area is 161 Å². The minimum absolute atomic E-state index is 0.0482. The maximum Gasteiger partial charge on any atom is 0.251 e. The predicted octanol–water partition coefficient (Wildman–Crippen LogP) is 3.56. The molecule has 2 aromatic rings. The van der Waals surface area contributed by atoms with Crippen LogP contribution >= 0.6 is 0 Å². The Morgan fingerprint density at radius 1 is 1.19 bits per heavy atom. The molecule has 0 saturated heterocycles. The van der Waals surface area contributed by atoms with Gasteiger partial charge in [0.1, 0.15) is 5.82 Å². The Morgan fingerprint density at radius 2 is 1.85 bits per heavy atom. The molecule has 2 N–H and O–H groups in total. The van der Waals surface area contributed by atoms with E-state index in [0.717, 1.165) is 11.1 Å². The average molecular weight is 372 g/mol. The lowest BCUT2D eigenvalue weighted by molar-refractivity contribution is 0.0714. The number of hydrogen-bond acceptors (Lipinski definition) is 3. The third kappa shape index (κ3) is 6.77. The molecule has 0 saturated carbocycles. The Balaban J connectivity index is 2.02. The van der Waals surface area contributed by atoms with E-state index >= 15 is 0 Å². The fraction of sp³-hybridized carbons (Fsp3) is 0.409. The molecular formula is C22H29FN2O2. The topological polar surface area (TPSA) is 52.6 Å². The van der Waals surface area contributed by atoms with Crippen molar-refractivity contribution < 1.29 is 14.3 Å². The van der Waals surface area contributed by atoms with Gasteiger partial charge in [-0.15, -0.1) is 0 Å². The van der Waals surface area contributed by atoms with E-state index in [0.29, 0.717) is 24.9 Å². The lowest BCUT2D eigenvalue weighted by Gasteiger charge is -2.25. The van der Waals surface area contributed by atoms with Crippen LogP contribution in [0.1, 0.15) is 47.8 Å². The van der Waals surface area contributed by atoms with Gasteiger partial charge in [-0.1, -0.05) is 24.3 Å². The fourth-order valence-electron chi connectivity index (χ4n) is 2.89. The molecule has 0 heterocycles. The van der Waals surface area contributed by atoms with Gasteiger partial charge in [0.25, 0.3) is 5.91 Å². The molecule has 4 nitrogen and oxygen atoms in total. The number of nitrogens with one attached hydrogen (secondary N) is 1. The summed E-state index contributed by atoms with van der Waals surface area (Å²) in [5, 5.41) is 12.8. The number of likely N-dealkylation sites (N-methyl/N-ethyl adjacent to an activating group) is 1. The van der Waals surface area contributed by atoms with Crippen molar-refractivity contribution >= 4 is 5.91 Å². The summed E-state index contributed by atoms with van der Waals surface area (Å²) in [7, 11) is 3.86. The quantitative estimate of drug-likeness (QED) is 0.745. The lowest BCUT2D eigenvalue weighted by Crippen LogP contribution is -2.34. The van der Waals surface area contributed by atoms with Crippen molar-refractivity contribution in [3.63, 3.8) is 0 Å². The summed E-state index contributed by atoms with van der Waals surface area (Å²) in [6, 6.07) is 13.8. The van der Waals surface area contributed by atoms with E-state index in [4.69, 9.17) is 0 Å².